The molecule has 0 aliphatic carbocycles. The molecule has 58 valence electrons. The molecule has 10 heavy (non-hydrogen) atoms. The van der Waals surface area contributed by atoms with Crippen LogP contribution >= 0.6 is 27.7 Å². The second kappa shape index (κ2) is 3.62. The zero-order valence-electron chi connectivity index (χ0n) is 5.88. The van der Waals surface area contributed by atoms with Crippen molar-refractivity contribution >= 4 is 32.9 Å². The summed E-state index contributed by atoms with van der Waals surface area (Å²) in [7, 11) is 0. The van der Waals surface area contributed by atoms with Crippen LogP contribution in [0.5, 0.6) is 0 Å². The van der Waals surface area contributed by atoms with Gasteiger partial charge in [-0.2, -0.15) is 0 Å². The molecule has 0 amide bonds. The molecular weight excluding hydrogens is 212 g/mol. The van der Waals surface area contributed by atoms with Gasteiger partial charge in [0.25, 0.3) is 0 Å². The van der Waals surface area contributed by atoms with E-state index in [-0.39, 0.29) is 0 Å². The Hall–Kier alpha value is 0.300. The Bertz CT molecular complexity index is 149. The highest BCUT2D eigenvalue weighted by Crippen LogP contribution is 2.26. The van der Waals surface area contributed by atoms with E-state index in [0.717, 1.165) is 12.8 Å². The average Bonchev–Trinajstić information content (AvgIpc) is 1.93. The molecule has 0 spiro atoms. The normalized spacial score (nSPS) is 34.8. The highest BCUT2D eigenvalue weighted by Gasteiger charge is 2.14. The summed E-state index contributed by atoms with van der Waals surface area (Å²) in [6.45, 7) is 2.10. The number of hydrogen-bond acceptors (Lipinski definition) is 3. The summed E-state index contributed by atoms with van der Waals surface area (Å²) in [5, 5.41) is 0.715. The summed E-state index contributed by atoms with van der Waals surface area (Å²) >= 11 is 5.12. The summed E-state index contributed by atoms with van der Waals surface area (Å²) in [5.74, 6) is 0. The monoisotopic (exact) mass is 222 g/mol. The molecule has 1 aliphatic rings. The minimum Gasteiger partial charge on any atom is -0.378 e. The molecule has 1 rings (SSSR count). The van der Waals surface area contributed by atoms with Crippen molar-refractivity contribution in [3.05, 3.63) is 0 Å². The first-order chi connectivity index (χ1) is 4.68. The number of amidine groups is 1. The van der Waals surface area contributed by atoms with Gasteiger partial charge in [0.1, 0.15) is 0 Å². The maximum absolute atomic E-state index is 5.60. The standard InChI is InChI=1S/C6H11BrN2S/c1-4-2-3-5(7)10-6(8)9-4/h4-5H,2-3H2,1H3,(H2,8,9). The molecule has 2 N–H and O–H groups in total. The fourth-order valence-electron chi connectivity index (χ4n) is 0.874. The molecule has 0 fully saturated rings. The molecular formula is C6H11BrN2S. The predicted molar refractivity (Wildman–Crippen MR) is 50.6 cm³/mol. The Morgan fingerprint density at radius 1 is 1.70 bits per heavy atom. The lowest BCUT2D eigenvalue weighted by Crippen LogP contribution is -2.09. The Morgan fingerprint density at radius 3 is 3.10 bits per heavy atom. The molecule has 1 heterocycles. The van der Waals surface area contributed by atoms with E-state index in [9.17, 15) is 0 Å². The Labute approximate surface area is 73.8 Å². The van der Waals surface area contributed by atoms with Gasteiger partial charge < -0.3 is 5.73 Å². The first-order valence-corrected chi connectivity index (χ1v) is 5.12. The third kappa shape index (κ3) is 2.50. The molecule has 0 saturated heterocycles. The van der Waals surface area contributed by atoms with E-state index >= 15 is 0 Å². The van der Waals surface area contributed by atoms with Crippen molar-refractivity contribution in [3.8, 4) is 0 Å². The number of halogens is 1. The third-order valence-corrected chi connectivity index (χ3v) is 3.26. The van der Waals surface area contributed by atoms with Crippen LogP contribution in [0.15, 0.2) is 4.99 Å². The van der Waals surface area contributed by atoms with Crippen LogP contribution in [0.25, 0.3) is 0 Å². The lowest BCUT2D eigenvalue weighted by molar-refractivity contribution is 0.658. The lowest BCUT2D eigenvalue weighted by Gasteiger charge is -2.02. The largest absolute Gasteiger partial charge is 0.378 e. The summed E-state index contributed by atoms with van der Waals surface area (Å²) < 4.78 is 0.459. The highest BCUT2D eigenvalue weighted by atomic mass is 79.9. The summed E-state index contributed by atoms with van der Waals surface area (Å²) in [4.78, 5) is 4.25. The molecule has 2 unspecified atom stereocenters. The van der Waals surface area contributed by atoms with Crippen LogP contribution < -0.4 is 5.73 Å². The third-order valence-electron chi connectivity index (χ3n) is 1.41. The number of nitrogens with zero attached hydrogens (tertiary/aromatic N) is 1. The van der Waals surface area contributed by atoms with Gasteiger partial charge in [0.05, 0.1) is 10.2 Å². The second-order valence-electron chi connectivity index (χ2n) is 2.42. The quantitative estimate of drug-likeness (QED) is 0.637. The van der Waals surface area contributed by atoms with Crippen molar-refractivity contribution in [2.45, 2.75) is 30.0 Å². The number of thioether (sulfide) groups is 1. The van der Waals surface area contributed by atoms with Gasteiger partial charge in [0, 0.05) is 0 Å². The predicted octanol–water partition coefficient (Wildman–Crippen LogP) is 1.94. The van der Waals surface area contributed by atoms with Gasteiger partial charge in [0.2, 0.25) is 0 Å². The van der Waals surface area contributed by atoms with Crippen LogP contribution in [0, 0.1) is 0 Å². The van der Waals surface area contributed by atoms with Crippen molar-refractivity contribution in [1.82, 2.24) is 0 Å². The minimum absolute atomic E-state index is 0.398. The molecule has 2 atom stereocenters. The van der Waals surface area contributed by atoms with Crippen molar-refractivity contribution in [2.75, 3.05) is 0 Å². The van der Waals surface area contributed by atoms with Gasteiger partial charge in [-0.25, -0.2) is 0 Å². The number of rotatable bonds is 0. The van der Waals surface area contributed by atoms with Crippen molar-refractivity contribution in [1.29, 1.82) is 0 Å². The fourth-order valence-corrected chi connectivity index (χ4v) is 2.47. The van der Waals surface area contributed by atoms with Crippen LogP contribution in [0.1, 0.15) is 19.8 Å². The van der Waals surface area contributed by atoms with Crippen LogP contribution in [0.4, 0.5) is 0 Å². The van der Waals surface area contributed by atoms with Crippen LogP contribution in [-0.4, -0.2) is 15.4 Å². The van der Waals surface area contributed by atoms with Gasteiger partial charge in [0.15, 0.2) is 5.17 Å². The van der Waals surface area contributed by atoms with E-state index in [2.05, 4.69) is 27.8 Å². The Balaban J connectivity index is 2.55. The van der Waals surface area contributed by atoms with Gasteiger partial charge in [-0.05, 0) is 19.8 Å². The minimum atomic E-state index is 0.398. The van der Waals surface area contributed by atoms with Crippen molar-refractivity contribution in [3.63, 3.8) is 0 Å². The second-order valence-corrected chi connectivity index (χ2v) is 5.36. The maximum Gasteiger partial charge on any atom is 0.155 e. The molecule has 0 saturated carbocycles. The number of alkyl halides is 1. The van der Waals surface area contributed by atoms with Gasteiger partial charge >= 0.3 is 0 Å². The summed E-state index contributed by atoms with van der Waals surface area (Å²) in [5.41, 5.74) is 5.60. The number of nitrogens with two attached hydrogens (primary N) is 1. The maximum atomic E-state index is 5.60. The van der Waals surface area contributed by atoms with E-state index in [1.807, 2.05) is 0 Å². The fraction of sp³-hybridized carbons (Fsp3) is 0.833. The molecule has 0 aromatic carbocycles. The SMILES string of the molecule is CC1CCC(Br)SC(N)=N1. The van der Waals surface area contributed by atoms with Gasteiger partial charge in [-0.15, -0.1) is 0 Å². The molecule has 4 heteroatoms. The van der Waals surface area contributed by atoms with E-state index in [4.69, 9.17) is 5.73 Å². The molecule has 0 bridgehead atoms. The Morgan fingerprint density at radius 2 is 2.40 bits per heavy atom. The molecule has 0 aromatic rings. The molecule has 1 aliphatic heterocycles. The molecule has 2 nitrogen and oxygen atoms in total. The zero-order valence-corrected chi connectivity index (χ0v) is 8.28. The van der Waals surface area contributed by atoms with Crippen LogP contribution in [0.2, 0.25) is 0 Å². The average molecular weight is 223 g/mol. The van der Waals surface area contributed by atoms with Crippen LogP contribution in [0.3, 0.4) is 0 Å². The van der Waals surface area contributed by atoms with E-state index in [0.29, 0.717) is 15.4 Å². The number of hydrogen-bond donors (Lipinski definition) is 1. The molecule has 0 radical (unpaired) electrons. The first kappa shape index (κ1) is 8.40. The first-order valence-electron chi connectivity index (χ1n) is 3.32. The highest BCUT2D eigenvalue weighted by molar-refractivity contribution is 9.11. The lowest BCUT2D eigenvalue weighted by atomic mass is 10.2. The molecule has 0 aromatic heterocycles. The smallest absolute Gasteiger partial charge is 0.155 e. The van der Waals surface area contributed by atoms with Crippen LogP contribution in [-0.2, 0) is 0 Å². The van der Waals surface area contributed by atoms with Gasteiger partial charge in [-0.3, -0.25) is 4.99 Å². The van der Waals surface area contributed by atoms with E-state index < -0.39 is 0 Å². The van der Waals surface area contributed by atoms with E-state index in [1.165, 1.54) is 0 Å². The summed E-state index contributed by atoms with van der Waals surface area (Å²) in [6, 6.07) is 0.398. The van der Waals surface area contributed by atoms with Gasteiger partial charge in [-0.1, -0.05) is 27.7 Å². The van der Waals surface area contributed by atoms with E-state index in [1.54, 1.807) is 11.8 Å². The topological polar surface area (TPSA) is 38.4 Å². The number of aliphatic imine (C=N–C) groups is 1. The van der Waals surface area contributed by atoms with Crippen molar-refractivity contribution in [2.24, 2.45) is 10.7 Å². The van der Waals surface area contributed by atoms with Crippen molar-refractivity contribution < 1.29 is 0 Å². The Kier molecular flexibility index (Phi) is 3.04. The summed E-state index contributed by atoms with van der Waals surface area (Å²) in [6.07, 6.45) is 2.28. The zero-order chi connectivity index (χ0) is 7.56.